The highest BCUT2D eigenvalue weighted by molar-refractivity contribution is 5.87. The van der Waals surface area contributed by atoms with Gasteiger partial charge in [-0.05, 0) is 22.4 Å². The zero-order valence-electron chi connectivity index (χ0n) is 12.5. The van der Waals surface area contributed by atoms with Crippen LogP contribution in [0.2, 0.25) is 0 Å². The van der Waals surface area contributed by atoms with Crippen LogP contribution in [0, 0.1) is 0 Å². The van der Waals surface area contributed by atoms with Gasteiger partial charge in [0.15, 0.2) is 0 Å². The van der Waals surface area contributed by atoms with Crippen molar-refractivity contribution in [2.24, 2.45) is 0 Å². The van der Waals surface area contributed by atoms with Gasteiger partial charge in [0.2, 0.25) is 0 Å². The molecule has 1 atom stereocenters. The van der Waals surface area contributed by atoms with Crippen LogP contribution in [0.3, 0.4) is 0 Å². The minimum absolute atomic E-state index is 0.421. The van der Waals surface area contributed by atoms with E-state index in [1.54, 1.807) is 0 Å². The largest absolute Gasteiger partial charge is 0.507 e. The first-order valence-electron chi connectivity index (χ1n) is 7.91. The molecule has 2 heteroatoms. The van der Waals surface area contributed by atoms with Gasteiger partial charge < -0.3 is 10.0 Å². The van der Waals surface area contributed by atoms with Gasteiger partial charge in [-0.1, -0.05) is 54.6 Å². The summed E-state index contributed by atoms with van der Waals surface area (Å²) in [6.45, 7) is 3.04. The number of hydrogen-bond donors (Lipinski definition) is 2. The smallest absolute Gasteiger partial charge is 0.125 e. The topological polar surface area (TPSA) is 24.7 Å². The second-order valence-corrected chi connectivity index (χ2v) is 6.16. The Hall–Kier alpha value is -2.32. The molecule has 0 saturated heterocycles. The Balaban J connectivity index is 1.66. The zero-order valence-corrected chi connectivity index (χ0v) is 12.5. The zero-order chi connectivity index (χ0) is 14.9. The standard InChI is InChI=1S/C20H19NO/c22-20-10-9-16-6-3-4-8-18(16)19(20)14-21-12-11-15-5-1-2-7-17(15)13-21/h1-10,22H,11-14H2/p+1. The highest BCUT2D eigenvalue weighted by Gasteiger charge is 2.21. The Bertz CT molecular complexity index is 825. The van der Waals surface area contributed by atoms with Gasteiger partial charge in [-0.25, -0.2) is 0 Å². The second-order valence-electron chi connectivity index (χ2n) is 6.16. The molecular weight excluding hydrogens is 270 g/mol. The van der Waals surface area contributed by atoms with Crippen LogP contribution in [0.5, 0.6) is 5.75 Å². The van der Waals surface area contributed by atoms with Crippen molar-refractivity contribution in [3.05, 3.63) is 77.4 Å². The van der Waals surface area contributed by atoms with Gasteiger partial charge in [0, 0.05) is 12.0 Å². The molecular formula is C20H20NO+. The van der Waals surface area contributed by atoms with Gasteiger partial charge in [0.25, 0.3) is 0 Å². The van der Waals surface area contributed by atoms with Crippen molar-refractivity contribution in [3.8, 4) is 5.75 Å². The van der Waals surface area contributed by atoms with Crippen molar-refractivity contribution in [3.63, 3.8) is 0 Å². The summed E-state index contributed by atoms with van der Waals surface area (Å²) in [6.07, 6.45) is 1.12. The van der Waals surface area contributed by atoms with E-state index < -0.39 is 0 Å². The van der Waals surface area contributed by atoms with Crippen LogP contribution in [-0.2, 0) is 19.5 Å². The maximum Gasteiger partial charge on any atom is 0.125 e. The summed E-state index contributed by atoms with van der Waals surface area (Å²) in [5.41, 5.74) is 4.00. The fraction of sp³-hybridized carbons (Fsp3) is 0.200. The molecule has 1 aliphatic rings. The van der Waals surface area contributed by atoms with E-state index in [4.69, 9.17) is 0 Å². The molecule has 0 amide bonds. The van der Waals surface area contributed by atoms with Gasteiger partial charge in [-0.2, -0.15) is 0 Å². The molecule has 0 saturated carbocycles. The Labute approximate surface area is 130 Å². The summed E-state index contributed by atoms with van der Waals surface area (Å²) in [5, 5.41) is 12.7. The van der Waals surface area contributed by atoms with Crippen molar-refractivity contribution in [1.82, 2.24) is 0 Å². The predicted molar refractivity (Wildman–Crippen MR) is 89.0 cm³/mol. The van der Waals surface area contributed by atoms with Crippen molar-refractivity contribution >= 4 is 10.8 Å². The predicted octanol–water partition coefficient (Wildman–Crippen LogP) is 2.69. The Morgan fingerprint density at radius 3 is 2.55 bits per heavy atom. The third-order valence-corrected chi connectivity index (χ3v) is 4.75. The number of fused-ring (bicyclic) bond motifs is 2. The van der Waals surface area contributed by atoms with Crippen LogP contribution in [0.4, 0.5) is 0 Å². The van der Waals surface area contributed by atoms with Crippen LogP contribution >= 0.6 is 0 Å². The molecule has 110 valence electrons. The average Bonchev–Trinajstić information content (AvgIpc) is 2.57. The van der Waals surface area contributed by atoms with Crippen molar-refractivity contribution in [1.29, 1.82) is 0 Å². The molecule has 0 bridgehead atoms. The van der Waals surface area contributed by atoms with E-state index in [1.807, 2.05) is 24.3 Å². The van der Waals surface area contributed by atoms with E-state index in [0.29, 0.717) is 5.75 Å². The van der Waals surface area contributed by atoms with Crippen molar-refractivity contribution in [2.45, 2.75) is 19.5 Å². The Kier molecular flexibility index (Phi) is 3.32. The Morgan fingerprint density at radius 1 is 0.864 bits per heavy atom. The Morgan fingerprint density at radius 2 is 1.64 bits per heavy atom. The molecule has 4 rings (SSSR count). The number of rotatable bonds is 2. The number of quaternary nitrogens is 1. The first-order valence-corrected chi connectivity index (χ1v) is 7.91. The van der Waals surface area contributed by atoms with Gasteiger partial charge >= 0.3 is 0 Å². The minimum atomic E-state index is 0.421. The van der Waals surface area contributed by atoms with Crippen molar-refractivity contribution < 1.29 is 10.0 Å². The normalized spacial score (nSPS) is 17.4. The molecule has 0 spiro atoms. The van der Waals surface area contributed by atoms with E-state index in [0.717, 1.165) is 31.6 Å². The van der Waals surface area contributed by atoms with Crippen LogP contribution in [0.1, 0.15) is 16.7 Å². The van der Waals surface area contributed by atoms with Crippen molar-refractivity contribution in [2.75, 3.05) is 6.54 Å². The number of phenols is 1. The lowest BCUT2D eigenvalue weighted by atomic mass is 9.98. The lowest BCUT2D eigenvalue weighted by Gasteiger charge is -2.26. The molecule has 0 aromatic heterocycles. The summed E-state index contributed by atoms with van der Waals surface area (Å²) in [5.74, 6) is 0.421. The maximum absolute atomic E-state index is 10.3. The van der Waals surface area contributed by atoms with Crippen LogP contribution < -0.4 is 4.90 Å². The molecule has 0 fully saturated rings. The first kappa shape index (κ1) is 13.4. The minimum Gasteiger partial charge on any atom is -0.507 e. The van der Waals surface area contributed by atoms with E-state index >= 15 is 0 Å². The van der Waals surface area contributed by atoms with Gasteiger partial charge in [-0.15, -0.1) is 0 Å². The van der Waals surface area contributed by atoms with Gasteiger partial charge in [0.05, 0.1) is 12.1 Å². The molecule has 3 aromatic rings. The molecule has 0 aliphatic carbocycles. The number of phenolic OH excluding ortho intramolecular Hbond substituents is 1. The molecule has 0 radical (unpaired) electrons. The number of aromatic hydroxyl groups is 1. The fourth-order valence-corrected chi connectivity index (χ4v) is 3.55. The maximum atomic E-state index is 10.3. The molecule has 22 heavy (non-hydrogen) atoms. The highest BCUT2D eigenvalue weighted by Crippen LogP contribution is 2.26. The summed E-state index contributed by atoms with van der Waals surface area (Å²) in [4.78, 5) is 1.52. The third kappa shape index (κ3) is 2.36. The molecule has 2 nitrogen and oxygen atoms in total. The molecule has 3 aromatic carbocycles. The van der Waals surface area contributed by atoms with E-state index in [2.05, 4.69) is 36.4 Å². The van der Waals surface area contributed by atoms with Gasteiger partial charge in [-0.3, -0.25) is 0 Å². The average molecular weight is 290 g/mol. The van der Waals surface area contributed by atoms with E-state index in [9.17, 15) is 5.11 Å². The molecule has 1 heterocycles. The van der Waals surface area contributed by atoms with E-state index in [1.165, 1.54) is 26.8 Å². The second kappa shape index (κ2) is 5.47. The summed E-state index contributed by atoms with van der Waals surface area (Å²) in [7, 11) is 0. The summed E-state index contributed by atoms with van der Waals surface area (Å²) >= 11 is 0. The lowest BCUT2D eigenvalue weighted by Crippen LogP contribution is -3.10. The van der Waals surface area contributed by atoms with Crippen LogP contribution in [0.25, 0.3) is 10.8 Å². The van der Waals surface area contributed by atoms with Crippen LogP contribution in [0.15, 0.2) is 60.7 Å². The van der Waals surface area contributed by atoms with Gasteiger partial charge in [0.1, 0.15) is 18.8 Å². The summed E-state index contributed by atoms with van der Waals surface area (Å²) < 4.78 is 0. The van der Waals surface area contributed by atoms with E-state index in [-0.39, 0.29) is 0 Å². The number of benzene rings is 3. The fourth-order valence-electron chi connectivity index (χ4n) is 3.55. The third-order valence-electron chi connectivity index (χ3n) is 4.75. The SMILES string of the molecule is Oc1ccc2ccccc2c1C[NH+]1CCc2ccccc2C1. The number of hydrogen-bond acceptors (Lipinski definition) is 1. The first-order chi connectivity index (χ1) is 10.8. The molecule has 2 N–H and O–H groups in total. The van der Waals surface area contributed by atoms with Crippen LogP contribution in [-0.4, -0.2) is 11.7 Å². The summed E-state index contributed by atoms with van der Waals surface area (Å²) in [6, 6.07) is 20.9. The lowest BCUT2D eigenvalue weighted by molar-refractivity contribution is -0.929. The monoisotopic (exact) mass is 290 g/mol. The molecule has 1 aliphatic heterocycles. The number of nitrogens with one attached hydrogen (secondary N) is 1. The quantitative estimate of drug-likeness (QED) is 0.745. The molecule has 1 unspecified atom stereocenters. The highest BCUT2D eigenvalue weighted by atomic mass is 16.3.